The molecule has 0 aliphatic rings. The van der Waals surface area contributed by atoms with E-state index in [4.69, 9.17) is 15.2 Å². The minimum absolute atomic E-state index is 0.101. The molecule has 0 aliphatic heterocycles. The lowest BCUT2D eigenvalue weighted by atomic mass is 9.99. The maximum Gasteiger partial charge on any atom is 0.408 e. The highest BCUT2D eigenvalue weighted by Gasteiger charge is 2.38. The van der Waals surface area contributed by atoms with Crippen LogP contribution < -0.4 is 16.4 Å². The molecule has 2 rings (SSSR count). The average molecular weight is 667 g/mol. The Hall–Kier alpha value is -4.41. The van der Waals surface area contributed by atoms with Gasteiger partial charge in [0, 0.05) is 19.4 Å². The molecule has 4 N–H and O–H groups in total. The number of hydrogen-bond donors (Lipinski definition) is 3. The van der Waals surface area contributed by atoms with Crippen molar-refractivity contribution in [3.63, 3.8) is 0 Å². The van der Waals surface area contributed by atoms with Gasteiger partial charge in [0.15, 0.2) is 0 Å². The lowest BCUT2D eigenvalue weighted by molar-refractivity contribution is -0.159. The van der Waals surface area contributed by atoms with Gasteiger partial charge in [-0.1, -0.05) is 86.8 Å². The average Bonchev–Trinajstić information content (AvgIpc) is 2.99. The van der Waals surface area contributed by atoms with Crippen LogP contribution in [0.25, 0.3) is 0 Å². The molecule has 0 heterocycles. The summed E-state index contributed by atoms with van der Waals surface area (Å²) in [7, 11) is 0. The van der Waals surface area contributed by atoms with E-state index >= 15 is 0 Å². The lowest BCUT2D eigenvalue weighted by Gasteiger charge is -2.35. The number of nitrogens with one attached hydrogen (secondary N) is 2. The molecule has 48 heavy (non-hydrogen) atoms. The standard InChI is InChI=1S/C37H54N4O7/c1-8-9-10-17-24-41(33(44)28(22-23-30(38)42)40-35(46)48-37(5,6)7)31(27-20-15-12-16-21-27)32(43)39-29(34(45)47-36(2,3)4)25-26-18-13-11-14-19-26/h11-16,18-21,28-29,31H,8-10,17,22-25H2,1-7H3,(H2,38,42)(H,39,43)(H,40,46). The maximum absolute atomic E-state index is 14.5. The second-order valence-electron chi connectivity index (χ2n) is 13.9. The van der Waals surface area contributed by atoms with Crippen molar-refractivity contribution >= 4 is 29.8 Å². The summed E-state index contributed by atoms with van der Waals surface area (Å²) in [4.78, 5) is 68.5. The van der Waals surface area contributed by atoms with Gasteiger partial charge < -0.3 is 30.7 Å². The molecule has 0 aromatic heterocycles. The number of nitrogens with two attached hydrogens (primary N) is 1. The van der Waals surface area contributed by atoms with Crippen LogP contribution in [0.3, 0.4) is 0 Å². The first-order valence-corrected chi connectivity index (χ1v) is 16.7. The Balaban J connectivity index is 2.60. The Labute approximate surface area is 285 Å². The number of unbranched alkanes of at least 4 members (excludes halogenated alkanes) is 3. The van der Waals surface area contributed by atoms with Gasteiger partial charge in [-0.2, -0.15) is 0 Å². The Bertz CT molecular complexity index is 1340. The highest BCUT2D eigenvalue weighted by atomic mass is 16.6. The molecule has 3 atom stereocenters. The molecule has 2 aromatic rings. The van der Waals surface area contributed by atoms with Gasteiger partial charge >= 0.3 is 12.1 Å². The van der Waals surface area contributed by atoms with Crippen molar-refractivity contribution in [2.24, 2.45) is 5.73 Å². The molecular weight excluding hydrogens is 612 g/mol. The Kier molecular flexibility index (Phi) is 15.6. The number of rotatable bonds is 17. The van der Waals surface area contributed by atoms with Gasteiger partial charge in [0.1, 0.15) is 29.3 Å². The summed E-state index contributed by atoms with van der Waals surface area (Å²) in [6, 6.07) is 14.6. The molecular formula is C37H54N4O7. The summed E-state index contributed by atoms with van der Waals surface area (Å²) in [5, 5.41) is 5.50. The summed E-state index contributed by atoms with van der Waals surface area (Å²) in [6.45, 7) is 12.6. The molecule has 264 valence electrons. The number of nitrogens with zero attached hydrogens (tertiary/aromatic N) is 1. The fraction of sp³-hybridized carbons (Fsp3) is 0.541. The third-order valence-electron chi connectivity index (χ3n) is 7.17. The minimum Gasteiger partial charge on any atom is -0.458 e. The first-order valence-electron chi connectivity index (χ1n) is 16.7. The Morgan fingerprint density at radius 3 is 1.90 bits per heavy atom. The van der Waals surface area contributed by atoms with Crippen molar-refractivity contribution in [2.75, 3.05) is 6.54 Å². The van der Waals surface area contributed by atoms with Crippen LogP contribution in [0.5, 0.6) is 0 Å². The smallest absolute Gasteiger partial charge is 0.408 e. The predicted molar refractivity (Wildman–Crippen MR) is 185 cm³/mol. The first kappa shape index (κ1) is 39.8. The number of primary amides is 1. The zero-order valence-electron chi connectivity index (χ0n) is 29.5. The number of carbonyl (C=O) groups excluding carboxylic acids is 5. The van der Waals surface area contributed by atoms with Crippen molar-refractivity contribution in [1.29, 1.82) is 0 Å². The molecule has 0 saturated carbocycles. The highest BCUT2D eigenvalue weighted by molar-refractivity contribution is 5.94. The van der Waals surface area contributed by atoms with Gasteiger partial charge in [-0.3, -0.25) is 14.4 Å². The van der Waals surface area contributed by atoms with E-state index < -0.39 is 59.1 Å². The summed E-state index contributed by atoms with van der Waals surface area (Å²) < 4.78 is 11.1. The van der Waals surface area contributed by atoms with Crippen LogP contribution in [0.4, 0.5) is 4.79 Å². The van der Waals surface area contributed by atoms with Gasteiger partial charge in [-0.05, 0) is 65.5 Å². The van der Waals surface area contributed by atoms with E-state index in [0.717, 1.165) is 24.8 Å². The van der Waals surface area contributed by atoms with E-state index in [1.165, 1.54) is 4.90 Å². The fourth-order valence-corrected chi connectivity index (χ4v) is 5.04. The molecule has 0 fully saturated rings. The number of carbonyl (C=O) groups is 5. The van der Waals surface area contributed by atoms with Gasteiger partial charge in [0.05, 0.1) is 0 Å². The second-order valence-corrected chi connectivity index (χ2v) is 13.9. The number of amides is 4. The molecule has 4 amide bonds. The molecule has 0 radical (unpaired) electrons. The topological polar surface area (TPSA) is 157 Å². The molecule has 11 nitrogen and oxygen atoms in total. The zero-order chi connectivity index (χ0) is 35.9. The Morgan fingerprint density at radius 2 is 1.35 bits per heavy atom. The van der Waals surface area contributed by atoms with E-state index in [1.54, 1.807) is 71.9 Å². The zero-order valence-corrected chi connectivity index (χ0v) is 29.5. The predicted octanol–water partition coefficient (Wildman–Crippen LogP) is 5.36. The third kappa shape index (κ3) is 14.6. The summed E-state index contributed by atoms with van der Waals surface area (Å²) >= 11 is 0. The number of hydrogen-bond acceptors (Lipinski definition) is 7. The maximum atomic E-state index is 14.5. The third-order valence-corrected chi connectivity index (χ3v) is 7.17. The monoisotopic (exact) mass is 666 g/mol. The molecule has 11 heteroatoms. The van der Waals surface area contributed by atoms with Gasteiger partial charge in [0.2, 0.25) is 17.7 Å². The van der Waals surface area contributed by atoms with E-state index in [-0.39, 0.29) is 25.8 Å². The Morgan fingerprint density at radius 1 is 0.771 bits per heavy atom. The van der Waals surface area contributed by atoms with Crippen molar-refractivity contribution < 1.29 is 33.4 Å². The van der Waals surface area contributed by atoms with Crippen LogP contribution in [0, 0.1) is 0 Å². The molecule has 0 saturated heterocycles. The minimum atomic E-state index is -1.22. The summed E-state index contributed by atoms with van der Waals surface area (Å²) in [6.07, 6.45) is 2.28. The molecule has 0 spiro atoms. The molecule has 0 bridgehead atoms. The van der Waals surface area contributed by atoms with Gasteiger partial charge in [-0.15, -0.1) is 0 Å². The largest absolute Gasteiger partial charge is 0.458 e. The van der Waals surface area contributed by atoms with Crippen LogP contribution in [-0.4, -0.2) is 64.5 Å². The van der Waals surface area contributed by atoms with Gasteiger partial charge in [0.25, 0.3) is 0 Å². The van der Waals surface area contributed by atoms with Crippen LogP contribution >= 0.6 is 0 Å². The van der Waals surface area contributed by atoms with Crippen LogP contribution in [0.1, 0.15) is 104 Å². The van der Waals surface area contributed by atoms with Crippen LogP contribution in [-0.2, 0) is 35.1 Å². The number of benzene rings is 2. The van der Waals surface area contributed by atoms with E-state index in [2.05, 4.69) is 17.6 Å². The van der Waals surface area contributed by atoms with E-state index in [0.29, 0.717) is 12.0 Å². The van der Waals surface area contributed by atoms with Crippen molar-refractivity contribution in [3.8, 4) is 0 Å². The SMILES string of the molecule is CCCCCCN(C(=O)C(CCC(N)=O)NC(=O)OC(C)(C)C)C(C(=O)NC(Cc1ccccc1)C(=O)OC(C)(C)C)c1ccccc1. The van der Waals surface area contributed by atoms with Gasteiger partial charge in [-0.25, -0.2) is 9.59 Å². The summed E-state index contributed by atoms with van der Waals surface area (Å²) in [5.41, 5.74) is 5.10. The van der Waals surface area contributed by atoms with E-state index in [9.17, 15) is 24.0 Å². The fourth-order valence-electron chi connectivity index (χ4n) is 5.04. The number of ether oxygens (including phenoxy) is 2. The molecule has 2 aromatic carbocycles. The van der Waals surface area contributed by atoms with Crippen molar-refractivity contribution in [3.05, 3.63) is 71.8 Å². The first-order chi connectivity index (χ1) is 22.5. The highest BCUT2D eigenvalue weighted by Crippen LogP contribution is 2.25. The molecule has 3 unspecified atom stereocenters. The molecule has 0 aliphatic carbocycles. The normalized spacial score (nSPS) is 13.4. The van der Waals surface area contributed by atoms with Crippen molar-refractivity contribution in [2.45, 2.75) is 123 Å². The summed E-state index contributed by atoms with van der Waals surface area (Å²) in [5.74, 6) is -2.44. The quantitative estimate of drug-likeness (QED) is 0.151. The van der Waals surface area contributed by atoms with Crippen molar-refractivity contribution in [1.82, 2.24) is 15.5 Å². The number of esters is 1. The number of alkyl carbamates (subject to hydrolysis) is 1. The van der Waals surface area contributed by atoms with E-state index in [1.807, 2.05) is 30.3 Å². The second kappa shape index (κ2) is 18.8. The lowest BCUT2D eigenvalue weighted by Crippen LogP contribution is -2.55. The van der Waals surface area contributed by atoms with Crippen LogP contribution in [0.2, 0.25) is 0 Å². The van der Waals surface area contributed by atoms with Crippen LogP contribution in [0.15, 0.2) is 60.7 Å².